The molecular weight excluding hydrogens is 226 g/mol. The number of nitrogens with zero attached hydrogens (tertiary/aromatic N) is 2. The monoisotopic (exact) mass is 247 g/mol. The number of likely N-dealkylation sites (tertiary alicyclic amines) is 1. The lowest BCUT2D eigenvalue weighted by Gasteiger charge is -2.43. The molecule has 0 aromatic carbocycles. The van der Waals surface area contributed by atoms with Gasteiger partial charge in [0.15, 0.2) is 0 Å². The summed E-state index contributed by atoms with van der Waals surface area (Å²) in [5.41, 5.74) is 0.947. The van der Waals surface area contributed by atoms with E-state index >= 15 is 0 Å². The number of aliphatic imine (C=N–C) groups is 1. The van der Waals surface area contributed by atoms with E-state index in [1.54, 1.807) is 0 Å². The highest BCUT2D eigenvalue weighted by molar-refractivity contribution is 5.79. The third-order valence-corrected chi connectivity index (χ3v) is 4.23. The molecule has 2 unspecified atom stereocenters. The number of anilines is 1. The van der Waals surface area contributed by atoms with Crippen molar-refractivity contribution in [3.05, 3.63) is 17.8 Å². The summed E-state index contributed by atoms with van der Waals surface area (Å²) >= 11 is 0. The minimum absolute atomic E-state index is 0.282. The Morgan fingerprint density at radius 1 is 1.56 bits per heavy atom. The third kappa shape index (κ3) is 1.66. The first-order valence-corrected chi connectivity index (χ1v) is 6.62. The van der Waals surface area contributed by atoms with Gasteiger partial charge in [0.1, 0.15) is 11.5 Å². The first-order valence-electron chi connectivity index (χ1n) is 6.62. The van der Waals surface area contributed by atoms with E-state index in [4.69, 9.17) is 4.99 Å². The van der Waals surface area contributed by atoms with Crippen molar-refractivity contribution in [2.75, 3.05) is 32.5 Å². The number of aromatic nitrogens is 1. The van der Waals surface area contributed by atoms with E-state index in [0.717, 1.165) is 12.4 Å². The Hall–Kier alpha value is -1.33. The van der Waals surface area contributed by atoms with Crippen molar-refractivity contribution in [1.29, 1.82) is 0 Å². The molecule has 1 saturated heterocycles. The fraction of sp³-hybridized carbons (Fsp3) is 0.615. The Balaban J connectivity index is 1.99. The van der Waals surface area contributed by atoms with E-state index in [9.17, 15) is 0 Å². The van der Waals surface area contributed by atoms with Crippen LogP contribution in [0.4, 0.5) is 5.82 Å². The summed E-state index contributed by atoms with van der Waals surface area (Å²) in [5.74, 6) is 1.57. The van der Waals surface area contributed by atoms with Crippen LogP contribution in [-0.2, 0) is 5.66 Å². The van der Waals surface area contributed by atoms with Crippen LogP contribution in [0.3, 0.4) is 0 Å². The van der Waals surface area contributed by atoms with Gasteiger partial charge in [-0.1, -0.05) is 0 Å². The van der Waals surface area contributed by atoms with Gasteiger partial charge in [0, 0.05) is 24.2 Å². The fourth-order valence-electron chi connectivity index (χ4n) is 3.31. The topological polar surface area (TPSA) is 55.4 Å². The zero-order chi connectivity index (χ0) is 12.6. The van der Waals surface area contributed by atoms with Crippen LogP contribution in [0.1, 0.15) is 18.4 Å². The highest BCUT2D eigenvalue weighted by Gasteiger charge is 2.43. The Morgan fingerprint density at radius 3 is 3.22 bits per heavy atom. The van der Waals surface area contributed by atoms with E-state index < -0.39 is 0 Å². The number of piperidine rings is 1. The smallest absolute Gasteiger partial charge is 0.145 e. The highest BCUT2D eigenvalue weighted by atomic mass is 15.2. The molecule has 1 fully saturated rings. The molecule has 0 spiro atoms. The molecule has 0 bridgehead atoms. The molecule has 2 atom stereocenters. The second-order valence-electron chi connectivity index (χ2n) is 5.29. The molecule has 0 aliphatic carbocycles. The standard InChI is InChI=1S/C13H21N5/c1-14-13(10-4-3-7-18(2)8-10)11-5-6-15-12(11)16-9-17-13/h5-6,9-10,14-15H,3-4,7-8H2,1-2H3,(H,16,17). The number of hydrogen-bond acceptors (Lipinski definition) is 4. The molecule has 5 heteroatoms. The second kappa shape index (κ2) is 4.40. The molecule has 3 heterocycles. The maximum absolute atomic E-state index is 4.76. The zero-order valence-corrected chi connectivity index (χ0v) is 11.0. The lowest BCUT2D eigenvalue weighted by Crippen LogP contribution is -2.52. The Bertz CT molecular complexity index is 452. The van der Waals surface area contributed by atoms with Crippen molar-refractivity contribution in [2.45, 2.75) is 18.5 Å². The lowest BCUT2D eigenvalue weighted by molar-refractivity contribution is 0.119. The number of rotatable bonds is 2. The highest BCUT2D eigenvalue weighted by Crippen LogP contribution is 2.40. The Morgan fingerprint density at radius 2 is 2.44 bits per heavy atom. The molecule has 2 aliphatic rings. The first-order chi connectivity index (χ1) is 8.76. The fourth-order valence-corrected chi connectivity index (χ4v) is 3.31. The molecule has 2 aliphatic heterocycles. The summed E-state index contributed by atoms with van der Waals surface area (Å²) in [5, 5.41) is 6.65. The zero-order valence-electron chi connectivity index (χ0n) is 11.0. The Labute approximate surface area is 108 Å². The van der Waals surface area contributed by atoms with Crippen molar-refractivity contribution in [3.8, 4) is 0 Å². The SMILES string of the molecule is CNC1(C2CCCN(C)C2)N=CNc2[nH]ccc21. The summed E-state index contributed by atoms with van der Waals surface area (Å²) in [6.07, 6.45) is 6.25. The van der Waals surface area contributed by atoms with Gasteiger partial charge in [-0.2, -0.15) is 0 Å². The van der Waals surface area contributed by atoms with Gasteiger partial charge in [0.2, 0.25) is 0 Å². The Kier molecular flexibility index (Phi) is 2.87. The van der Waals surface area contributed by atoms with Gasteiger partial charge in [-0.05, 0) is 39.5 Å². The van der Waals surface area contributed by atoms with Crippen LogP contribution in [0.2, 0.25) is 0 Å². The molecule has 1 aromatic heterocycles. The van der Waals surface area contributed by atoms with Crippen molar-refractivity contribution < 1.29 is 0 Å². The van der Waals surface area contributed by atoms with Crippen LogP contribution in [0.5, 0.6) is 0 Å². The van der Waals surface area contributed by atoms with E-state index in [2.05, 4.69) is 33.6 Å². The number of aromatic amines is 1. The van der Waals surface area contributed by atoms with Crippen LogP contribution < -0.4 is 10.6 Å². The number of H-pyrrole nitrogens is 1. The summed E-state index contributed by atoms with van der Waals surface area (Å²) in [4.78, 5) is 10.4. The summed E-state index contributed by atoms with van der Waals surface area (Å²) in [6, 6.07) is 2.13. The average Bonchev–Trinajstić information content (AvgIpc) is 2.87. The third-order valence-electron chi connectivity index (χ3n) is 4.23. The van der Waals surface area contributed by atoms with Crippen LogP contribution in [0.25, 0.3) is 0 Å². The predicted molar refractivity (Wildman–Crippen MR) is 73.9 cm³/mol. The molecule has 98 valence electrons. The van der Waals surface area contributed by atoms with Crippen LogP contribution >= 0.6 is 0 Å². The van der Waals surface area contributed by atoms with E-state index in [-0.39, 0.29) is 5.66 Å². The van der Waals surface area contributed by atoms with Gasteiger partial charge in [0.25, 0.3) is 0 Å². The quantitative estimate of drug-likeness (QED) is 0.735. The molecule has 3 rings (SSSR count). The molecule has 0 radical (unpaired) electrons. The molecule has 1 aromatic rings. The molecule has 18 heavy (non-hydrogen) atoms. The van der Waals surface area contributed by atoms with Gasteiger partial charge >= 0.3 is 0 Å². The van der Waals surface area contributed by atoms with Gasteiger partial charge < -0.3 is 15.2 Å². The van der Waals surface area contributed by atoms with Crippen molar-refractivity contribution >= 4 is 12.2 Å². The van der Waals surface area contributed by atoms with Crippen molar-refractivity contribution in [1.82, 2.24) is 15.2 Å². The van der Waals surface area contributed by atoms with Crippen LogP contribution in [-0.4, -0.2) is 43.4 Å². The predicted octanol–water partition coefficient (Wildman–Crippen LogP) is 1.18. The van der Waals surface area contributed by atoms with Gasteiger partial charge in [-0.25, -0.2) is 4.99 Å². The maximum Gasteiger partial charge on any atom is 0.145 e. The van der Waals surface area contributed by atoms with E-state index in [1.807, 2.05) is 19.6 Å². The van der Waals surface area contributed by atoms with Gasteiger partial charge in [-0.15, -0.1) is 0 Å². The number of nitrogens with one attached hydrogen (secondary N) is 3. The second-order valence-corrected chi connectivity index (χ2v) is 5.29. The molecule has 0 saturated carbocycles. The van der Waals surface area contributed by atoms with Crippen molar-refractivity contribution in [3.63, 3.8) is 0 Å². The molecular formula is C13H21N5. The van der Waals surface area contributed by atoms with E-state index in [0.29, 0.717) is 5.92 Å². The number of hydrogen-bond donors (Lipinski definition) is 3. The minimum atomic E-state index is -0.282. The number of fused-ring (bicyclic) bond motifs is 1. The van der Waals surface area contributed by atoms with Crippen LogP contribution in [0.15, 0.2) is 17.3 Å². The van der Waals surface area contributed by atoms with Gasteiger partial charge in [-0.3, -0.25) is 5.32 Å². The van der Waals surface area contributed by atoms with E-state index in [1.165, 1.54) is 24.9 Å². The molecule has 5 nitrogen and oxygen atoms in total. The molecule has 3 N–H and O–H groups in total. The maximum atomic E-state index is 4.76. The minimum Gasteiger partial charge on any atom is -0.348 e. The average molecular weight is 247 g/mol. The van der Waals surface area contributed by atoms with Crippen LogP contribution in [0, 0.1) is 5.92 Å². The summed E-state index contributed by atoms with van der Waals surface area (Å²) < 4.78 is 0. The lowest BCUT2D eigenvalue weighted by atomic mass is 9.81. The largest absolute Gasteiger partial charge is 0.348 e. The normalized spacial score (nSPS) is 32.0. The van der Waals surface area contributed by atoms with Gasteiger partial charge in [0.05, 0.1) is 6.34 Å². The molecule has 0 amide bonds. The van der Waals surface area contributed by atoms with Crippen molar-refractivity contribution in [2.24, 2.45) is 10.9 Å². The summed E-state index contributed by atoms with van der Waals surface area (Å²) in [7, 11) is 4.20. The summed E-state index contributed by atoms with van der Waals surface area (Å²) in [6.45, 7) is 2.28. The first kappa shape index (κ1) is 11.7.